The van der Waals surface area contributed by atoms with Crippen LogP contribution in [-0.4, -0.2) is 25.0 Å². The lowest BCUT2D eigenvalue weighted by Gasteiger charge is -2.38. The number of carbonyl (C=O) groups excluding carboxylic acids is 1. The molecular formula is C21H24N2O. The summed E-state index contributed by atoms with van der Waals surface area (Å²) in [6.45, 7) is 3.60. The van der Waals surface area contributed by atoms with Crippen LogP contribution >= 0.6 is 0 Å². The first-order chi connectivity index (χ1) is 11.7. The topological polar surface area (TPSA) is 23.6 Å². The highest BCUT2D eigenvalue weighted by Gasteiger charge is 2.29. The molecular weight excluding hydrogens is 296 g/mol. The van der Waals surface area contributed by atoms with Crippen molar-refractivity contribution in [3.8, 4) is 0 Å². The van der Waals surface area contributed by atoms with E-state index in [0.717, 1.165) is 37.9 Å². The summed E-state index contributed by atoms with van der Waals surface area (Å²) in [6, 6.07) is 17.1. The minimum atomic E-state index is 0.214. The van der Waals surface area contributed by atoms with Gasteiger partial charge in [-0.1, -0.05) is 36.4 Å². The number of fused-ring (bicyclic) bond motifs is 2. The molecule has 0 aliphatic carbocycles. The first-order valence-electron chi connectivity index (χ1n) is 8.97. The van der Waals surface area contributed by atoms with E-state index in [-0.39, 0.29) is 11.9 Å². The average molecular weight is 320 g/mol. The second-order valence-electron chi connectivity index (χ2n) is 6.93. The van der Waals surface area contributed by atoms with E-state index in [1.807, 2.05) is 11.0 Å². The minimum Gasteiger partial charge on any atom is -0.362 e. The molecule has 0 N–H and O–H groups in total. The van der Waals surface area contributed by atoms with Crippen LogP contribution in [0.25, 0.3) is 0 Å². The van der Waals surface area contributed by atoms with Crippen molar-refractivity contribution in [2.24, 2.45) is 0 Å². The molecule has 3 nitrogen and oxygen atoms in total. The van der Waals surface area contributed by atoms with Crippen molar-refractivity contribution in [2.45, 2.75) is 38.6 Å². The molecule has 0 spiro atoms. The monoisotopic (exact) mass is 320 g/mol. The van der Waals surface area contributed by atoms with Gasteiger partial charge in [-0.2, -0.15) is 0 Å². The lowest BCUT2D eigenvalue weighted by molar-refractivity contribution is -0.117. The number of nitrogens with zero attached hydrogens (tertiary/aromatic N) is 2. The zero-order chi connectivity index (χ0) is 16.5. The van der Waals surface area contributed by atoms with Gasteiger partial charge in [0.1, 0.15) is 0 Å². The molecule has 0 aromatic heterocycles. The zero-order valence-electron chi connectivity index (χ0n) is 14.2. The van der Waals surface area contributed by atoms with Crippen molar-refractivity contribution in [3.63, 3.8) is 0 Å². The molecule has 1 unspecified atom stereocenters. The number of hydrogen-bond acceptors (Lipinski definition) is 2. The highest BCUT2D eigenvalue weighted by molar-refractivity contribution is 5.98. The third-order valence-electron chi connectivity index (χ3n) is 5.32. The van der Waals surface area contributed by atoms with Crippen LogP contribution < -0.4 is 9.80 Å². The number of rotatable bonds is 2. The Balaban J connectivity index is 1.59. The van der Waals surface area contributed by atoms with Gasteiger partial charge >= 0.3 is 0 Å². The van der Waals surface area contributed by atoms with Crippen LogP contribution in [0.3, 0.4) is 0 Å². The highest BCUT2D eigenvalue weighted by Crippen LogP contribution is 2.32. The molecule has 3 heteroatoms. The summed E-state index contributed by atoms with van der Waals surface area (Å²) in [4.78, 5) is 17.4. The fraction of sp³-hybridized carbons (Fsp3) is 0.381. The maximum atomic E-state index is 13.1. The van der Waals surface area contributed by atoms with Gasteiger partial charge in [-0.15, -0.1) is 0 Å². The van der Waals surface area contributed by atoms with Gasteiger partial charge in [0.05, 0.1) is 6.54 Å². The van der Waals surface area contributed by atoms with E-state index in [1.165, 1.54) is 16.8 Å². The molecule has 0 saturated heterocycles. The second kappa shape index (κ2) is 6.31. The van der Waals surface area contributed by atoms with Gasteiger partial charge in [0.2, 0.25) is 5.91 Å². The first-order valence-corrected chi connectivity index (χ1v) is 8.97. The molecule has 2 aromatic carbocycles. The second-order valence-corrected chi connectivity index (χ2v) is 6.93. The molecule has 4 rings (SSSR count). The van der Waals surface area contributed by atoms with E-state index in [0.29, 0.717) is 6.54 Å². The number of amides is 1. The Hall–Kier alpha value is -2.29. The van der Waals surface area contributed by atoms with Crippen LogP contribution in [0.2, 0.25) is 0 Å². The number of anilines is 2. The summed E-state index contributed by atoms with van der Waals surface area (Å²) < 4.78 is 0. The van der Waals surface area contributed by atoms with E-state index in [4.69, 9.17) is 0 Å². The van der Waals surface area contributed by atoms with E-state index in [1.54, 1.807) is 0 Å². The maximum absolute atomic E-state index is 13.1. The molecule has 2 aliphatic rings. The molecule has 2 aliphatic heterocycles. The Morgan fingerprint density at radius 1 is 1.00 bits per heavy atom. The SMILES string of the molecule is CC1CCc2ccccc2N1C(=O)CN1CCCc2ccccc21. The predicted molar refractivity (Wildman–Crippen MR) is 98.7 cm³/mol. The molecule has 1 amide bonds. The van der Waals surface area contributed by atoms with Crippen molar-refractivity contribution in [1.82, 2.24) is 0 Å². The van der Waals surface area contributed by atoms with Crippen LogP contribution in [0, 0.1) is 0 Å². The van der Waals surface area contributed by atoms with Crippen molar-refractivity contribution >= 4 is 17.3 Å². The minimum absolute atomic E-state index is 0.214. The summed E-state index contributed by atoms with van der Waals surface area (Å²) in [7, 11) is 0. The Kier molecular flexibility index (Phi) is 4.01. The van der Waals surface area contributed by atoms with Gasteiger partial charge in [0.25, 0.3) is 0 Å². The Morgan fingerprint density at radius 2 is 1.67 bits per heavy atom. The van der Waals surface area contributed by atoms with Gasteiger partial charge in [0, 0.05) is 24.0 Å². The Labute approximate surface area is 143 Å². The summed E-state index contributed by atoms with van der Waals surface area (Å²) in [6.07, 6.45) is 4.34. The number of benzene rings is 2. The van der Waals surface area contributed by atoms with Gasteiger partial charge in [-0.05, 0) is 55.9 Å². The third-order valence-corrected chi connectivity index (χ3v) is 5.32. The molecule has 0 saturated carbocycles. The van der Waals surface area contributed by atoms with Gasteiger partial charge in [-0.3, -0.25) is 4.79 Å². The predicted octanol–water partition coefficient (Wildman–Crippen LogP) is 3.81. The quantitative estimate of drug-likeness (QED) is 0.840. The van der Waals surface area contributed by atoms with Gasteiger partial charge < -0.3 is 9.80 Å². The number of para-hydroxylation sites is 2. The molecule has 2 aromatic rings. The fourth-order valence-corrected chi connectivity index (χ4v) is 4.08. The Bertz CT molecular complexity index is 755. The Morgan fingerprint density at radius 3 is 2.46 bits per heavy atom. The lowest BCUT2D eigenvalue weighted by atomic mass is 9.96. The van der Waals surface area contributed by atoms with Crippen LogP contribution in [0.15, 0.2) is 48.5 Å². The van der Waals surface area contributed by atoms with Crippen LogP contribution in [0.4, 0.5) is 11.4 Å². The molecule has 24 heavy (non-hydrogen) atoms. The molecule has 1 atom stereocenters. The van der Waals surface area contributed by atoms with E-state index < -0.39 is 0 Å². The normalized spacial score (nSPS) is 19.6. The summed E-state index contributed by atoms with van der Waals surface area (Å²) in [5.41, 5.74) is 4.99. The number of aryl methyl sites for hydroxylation is 2. The maximum Gasteiger partial charge on any atom is 0.246 e. The van der Waals surface area contributed by atoms with Crippen molar-refractivity contribution in [2.75, 3.05) is 22.9 Å². The van der Waals surface area contributed by atoms with Crippen molar-refractivity contribution in [3.05, 3.63) is 59.7 Å². The molecule has 124 valence electrons. The third kappa shape index (κ3) is 2.68. The van der Waals surface area contributed by atoms with Crippen LogP contribution in [0.1, 0.15) is 30.9 Å². The highest BCUT2D eigenvalue weighted by atomic mass is 16.2. The summed E-state index contributed by atoms with van der Waals surface area (Å²) in [5, 5.41) is 0. The summed E-state index contributed by atoms with van der Waals surface area (Å²) >= 11 is 0. The first kappa shape index (κ1) is 15.3. The van der Waals surface area contributed by atoms with Crippen molar-refractivity contribution < 1.29 is 4.79 Å². The molecule has 0 fully saturated rings. The van der Waals surface area contributed by atoms with Crippen LogP contribution in [-0.2, 0) is 17.6 Å². The van der Waals surface area contributed by atoms with E-state index in [2.05, 4.69) is 54.3 Å². The fourth-order valence-electron chi connectivity index (χ4n) is 4.08. The van der Waals surface area contributed by atoms with Crippen molar-refractivity contribution in [1.29, 1.82) is 0 Å². The van der Waals surface area contributed by atoms with Gasteiger partial charge in [0.15, 0.2) is 0 Å². The van der Waals surface area contributed by atoms with Crippen LogP contribution in [0.5, 0.6) is 0 Å². The van der Waals surface area contributed by atoms with E-state index in [9.17, 15) is 4.79 Å². The van der Waals surface area contributed by atoms with E-state index >= 15 is 0 Å². The number of hydrogen-bond donors (Lipinski definition) is 0. The largest absolute Gasteiger partial charge is 0.362 e. The average Bonchev–Trinajstić information content (AvgIpc) is 2.62. The van der Waals surface area contributed by atoms with Gasteiger partial charge in [-0.25, -0.2) is 0 Å². The molecule has 2 heterocycles. The lowest BCUT2D eigenvalue weighted by Crippen LogP contribution is -2.48. The molecule has 0 radical (unpaired) electrons. The smallest absolute Gasteiger partial charge is 0.246 e. The summed E-state index contributed by atoms with van der Waals surface area (Å²) in [5.74, 6) is 0.214. The standard InChI is InChI=1S/C21H24N2O/c1-16-12-13-18-8-3-5-11-20(18)23(16)21(24)15-22-14-6-9-17-7-2-4-10-19(17)22/h2-5,7-8,10-11,16H,6,9,12-15H2,1H3. The number of carbonyl (C=O) groups is 1. The molecule has 0 bridgehead atoms. The zero-order valence-corrected chi connectivity index (χ0v) is 14.2.